The maximum Gasteiger partial charge on any atom is 0.317 e. The highest BCUT2D eigenvalue weighted by Gasteiger charge is 2.31. The van der Waals surface area contributed by atoms with Gasteiger partial charge in [-0.3, -0.25) is 0 Å². The zero-order valence-electron chi connectivity index (χ0n) is 9.70. The molecule has 2 aliphatic heterocycles. The van der Waals surface area contributed by atoms with Gasteiger partial charge >= 0.3 is 6.03 Å². The van der Waals surface area contributed by atoms with Gasteiger partial charge in [-0.25, -0.2) is 4.79 Å². The minimum Gasteiger partial charge on any atom is -0.338 e. The molecule has 2 saturated heterocycles. The number of likely N-dealkylation sites (tertiary alicyclic amines) is 1. The highest BCUT2D eigenvalue weighted by molar-refractivity contribution is 5.75. The third-order valence-electron chi connectivity index (χ3n) is 3.73. The first-order chi connectivity index (χ1) is 7.18. The molecule has 0 aliphatic carbocycles. The molecule has 0 radical (unpaired) electrons. The summed E-state index contributed by atoms with van der Waals surface area (Å²) in [5.41, 5.74) is 0. The molecule has 2 unspecified atom stereocenters. The van der Waals surface area contributed by atoms with Crippen molar-refractivity contribution < 1.29 is 4.79 Å². The molecule has 2 atom stereocenters. The van der Waals surface area contributed by atoms with E-state index in [2.05, 4.69) is 24.2 Å². The van der Waals surface area contributed by atoms with Crippen LogP contribution in [0.3, 0.4) is 0 Å². The summed E-state index contributed by atoms with van der Waals surface area (Å²) in [4.78, 5) is 16.1. The van der Waals surface area contributed by atoms with Gasteiger partial charge in [-0.2, -0.15) is 0 Å². The monoisotopic (exact) mass is 211 g/mol. The molecule has 0 aromatic heterocycles. The van der Waals surface area contributed by atoms with E-state index in [0.29, 0.717) is 12.1 Å². The second-order valence-corrected chi connectivity index (χ2v) is 4.79. The van der Waals surface area contributed by atoms with Gasteiger partial charge in [-0.15, -0.1) is 0 Å². The Hall–Kier alpha value is -0.770. The molecular weight excluding hydrogens is 190 g/mol. The smallest absolute Gasteiger partial charge is 0.317 e. The highest BCUT2D eigenvalue weighted by Crippen LogP contribution is 2.21. The first kappa shape index (κ1) is 10.7. The van der Waals surface area contributed by atoms with E-state index in [1.807, 2.05) is 4.90 Å². The molecule has 4 nitrogen and oxygen atoms in total. The molecule has 2 amide bonds. The predicted molar refractivity (Wildman–Crippen MR) is 59.8 cm³/mol. The number of amides is 2. The van der Waals surface area contributed by atoms with Crippen molar-refractivity contribution in [2.45, 2.75) is 38.3 Å². The summed E-state index contributed by atoms with van der Waals surface area (Å²) in [7, 11) is 2.16. The van der Waals surface area contributed by atoms with Crippen molar-refractivity contribution in [2.75, 3.05) is 26.7 Å². The van der Waals surface area contributed by atoms with E-state index in [1.54, 1.807) is 0 Å². The van der Waals surface area contributed by atoms with Gasteiger partial charge in [0.25, 0.3) is 0 Å². The zero-order chi connectivity index (χ0) is 10.8. The van der Waals surface area contributed by atoms with E-state index < -0.39 is 0 Å². The van der Waals surface area contributed by atoms with Crippen LogP contribution in [0.15, 0.2) is 0 Å². The average molecular weight is 211 g/mol. The molecule has 86 valence electrons. The Kier molecular flexibility index (Phi) is 3.14. The largest absolute Gasteiger partial charge is 0.338 e. The number of nitrogens with one attached hydrogen (secondary N) is 1. The Morgan fingerprint density at radius 3 is 2.87 bits per heavy atom. The number of carbonyl (C=O) groups excluding carboxylic acids is 1. The molecule has 0 aromatic carbocycles. The molecule has 2 fully saturated rings. The van der Waals surface area contributed by atoms with Gasteiger partial charge in [0.2, 0.25) is 0 Å². The first-order valence-corrected chi connectivity index (χ1v) is 5.93. The number of hydrogen-bond donors (Lipinski definition) is 1. The van der Waals surface area contributed by atoms with E-state index in [9.17, 15) is 4.79 Å². The molecule has 0 bridgehead atoms. The third kappa shape index (κ3) is 2.25. The SMILES string of the molecule is CC1CC(N2CCCNC2=O)CCN1C. The molecule has 0 spiro atoms. The standard InChI is InChI=1S/C11H21N3O/c1-9-8-10(4-7-13(9)2)14-6-3-5-12-11(14)15/h9-10H,3-8H2,1-2H3,(H,12,15). The lowest BCUT2D eigenvalue weighted by Gasteiger charge is -2.42. The van der Waals surface area contributed by atoms with Crippen LogP contribution in [0.1, 0.15) is 26.2 Å². The summed E-state index contributed by atoms with van der Waals surface area (Å²) in [5, 5.41) is 2.93. The Labute approximate surface area is 91.6 Å². The van der Waals surface area contributed by atoms with Crippen LogP contribution in [0.2, 0.25) is 0 Å². The van der Waals surface area contributed by atoms with E-state index in [-0.39, 0.29) is 6.03 Å². The zero-order valence-corrected chi connectivity index (χ0v) is 9.70. The van der Waals surface area contributed by atoms with Crippen LogP contribution in [0.5, 0.6) is 0 Å². The number of carbonyl (C=O) groups is 1. The lowest BCUT2D eigenvalue weighted by molar-refractivity contribution is 0.0950. The fourth-order valence-corrected chi connectivity index (χ4v) is 2.54. The van der Waals surface area contributed by atoms with Crippen LogP contribution in [-0.2, 0) is 0 Å². The fraction of sp³-hybridized carbons (Fsp3) is 0.909. The summed E-state index contributed by atoms with van der Waals surface area (Å²) in [6.45, 7) is 5.13. The van der Waals surface area contributed by atoms with Crippen LogP contribution in [0.25, 0.3) is 0 Å². The quantitative estimate of drug-likeness (QED) is 0.699. The summed E-state index contributed by atoms with van der Waals surface area (Å²) < 4.78 is 0. The highest BCUT2D eigenvalue weighted by atomic mass is 16.2. The van der Waals surface area contributed by atoms with E-state index in [0.717, 1.165) is 38.9 Å². The lowest BCUT2D eigenvalue weighted by atomic mass is 9.97. The number of piperidine rings is 1. The molecule has 0 aromatic rings. The van der Waals surface area contributed by atoms with Gasteiger partial charge in [0.05, 0.1) is 0 Å². The normalized spacial score (nSPS) is 34.0. The number of urea groups is 1. The Morgan fingerprint density at radius 2 is 2.20 bits per heavy atom. The molecule has 1 N–H and O–H groups in total. The topological polar surface area (TPSA) is 35.6 Å². The van der Waals surface area contributed by atoms with Crippen molar-refractivity contribution in [3.05, 3.63) is 0 Å². The summed E-state index contributed by atoms with van der Waals surface area (Å²) in [6, 6.07) is 1.19. The molecular formula is C11H21N3O. The van der Waals surface area contributed by atoms with E-state index in [1.165, 1.54) is 0 Å². The number of rotatable bonds is 1. The van der Waals surface area contributed by atoms with E-state index in [4.69, 9.17) is 0 Å². The predicted octanol–water partition coefficient (Wildman–Crippen LogP) is 0.884. The maximum atomic E-state index is 11.7. The van der Waals surface area contributed by atoms with Gasteiger partial charge in [0.15, 0.2) is 0 Å². The van der Waals surface area contributed by atoms with Gasteiger partial charge in [0.1, 0.15) is 0 Å². The summed E-state index contributed by atoms with van der Waals surface area (Å²) in [6.07, 6.45) is 3.32. The second-order valence-electron chi connectivity index (χ2n) is 4.79. The molecule has 15 heavy (non-hydrogen) atoms. The number of hydrogen-bond acceptors (Lipinski definition) is 2. The van der Waals surface area contributed by atoms with Crippen molar-refractivity contribution in [1.29, 1.82) is 0 Å². The van der Waals surface area contributed by atoms with Gasteiger partial charge in [-0.05, 0) is 33.2 Å². The van der Waals surface area contributed by atoms with Crippen LogP contribution in [0, 0.1) is 0 Å². The summed E-state index contributed by atoms with van der Waals surface area (Å²) in [5.74, 6) is 0. The molecule has 0 saturated carbocycles. The van der Waals surface area contributed by atoms with Crippen molar-refractivity contribution in [1.82, 2.24) is 15.1 Å². The van der Waals surface area contributed by atoms with Crippen LogP contribution >= 0.6 is 0 Å². The van der Waals surface area contributed by atoms with Crippen LogP contribution in [0.4, 0.5) is 4.79 Å². The van der Waals surface area contributed by atoms with Crippen molar-refractivity contribution >= 4 is 6.03 Å². The Morgan fingerprint density at radius 1 is 1.40 bits per heavy atom. The Balaban J connectivity index is 1.95. The lowest BCUT2D eigenvalue weighted by Crippen LogP contribution is -2.55. The molecule has 2 aliphatic rings. The minimum absolute atomic E-state index is 0.142. The average Bonchev–Trinajstić information content (AvgIpc) is 2.23. The molecule has 2 rings (SSSR count). The maximum absolute atomic E-state index is 11.7. The third-order valence-corrected chi connectivity index (χ3v) is 3.73. The first-order valence-electron chi connectivity index (χ1n) is 5.93. The molecule has 4 heteroatoms. The fourth-order valence-electron chi connectivity index (χ4n) is 2.54. The summed E-state index contributed by atoms with van der Waals surface area (Å²) >= 11 is 0. The molecule has 2 heterocycles. The van der Waals surface area contributed by atoms with Gasteiger partial charge in [-0.1, -0.05) is 0 Å². The van der Waals surface area contributed by atoms with Crippen molar-refractivity contribution in [3.8, 4) is 0 Å². The number of nitrogens with zero attached hydrogens (tertiary/aromatic N) is 2. The van der Waals surface area contributed by atoms with Crippen LogP contribution < -0.4 is 5.32 Å². The van der Waals surface area contributed by atoms with Crippen molar-refractivity contribution in [3.63, 3.8) is 0 Å². The van der Waals surface area contributed by atoms with Crippen molar-refractivity contribution in [2.24, 2.45) is 0 Å². The second kappa shape index (κ2) is 4.39. The van der Waals surface area contributed by atoms with Gasteiger partial charge < -0.3 is 15.1 Å². The van der Waals surface area contributed by atoms with Gasteiger partial charge in [0, 0.05) is 31.7 Å². The Bertz CT molecular complexity index is 244. The van der Waals surface area contributed by atoms with Crippen LogP contribution in [-0.4, -0.2) is 54.6 Å². The van der Waals surface area contributed by atoms with E-state index >= 15 is 0 Å². The minimum atomic E-state index is 0.142.